The normalized spacial score (nSPS) is 10.8. The van der Waals surface area contributed by atoms with Crippen LogP contribution < -0.4 is 0 Å². The molecule has 0 bridgehead atoms. The lowest BCUT2D eigenvalue weighted by Gasteiger charge is -2.38. The van der Waals surface area contributed by atoms with Crippen molar-refractivity contribution in [2.45, 2.75) is 53.4 Å². The number of nitrogens with zero attached hydrogens (tertiary/aromatic N) is 1. The topological polar surface area (TPSA) is 40.5 Å². The Morgan fingerprint density at radius 3 is 0.933 bits per heavy atom. The molecule has 0 saturated heterocycles. The molecule has 0 aromatic rings. The maximum Gasteiger partial charge on any atom is 0.0783 e. The van der Waals surface area contributed by atoms with Crippen molar-refractivity contribution in [3.63, 3.8) is 0 Å². The van der Waals surface area contributed by atoms with Crippen LogP contribution >= 0.6 is 0 Å². The van der Waals surface area contributed by atoms with Gasteiger partial charge in [0.25, 0.3) is 0 Å². The molecule has 2 N–H and O–H groups in total. The van der Waals surface area contributed by atoms with Crippen molar-refractivity contribution in [3.05, 3.63) is 0 Å². The van der Waals surface area contributed by atoms with E-state index in [-0.39, 0.29) is 0 Å². The van der Waals surface area contributed by atoms with E-state index in [9.17, 15) is 0 Å². The molecule has 0 aromatic heterocycles. The minimum absolute atomic E-state index is 1.33. The smallest absolute Gasteiger partial charge is 0.0783 e. The second kappa shape index (κ2) is 12.0. The number of rotatable bonds is 8. The molecular weight excluding hydrogens is 190 g/mol. The zero-order valence-electron chi connectivity index (χ0n) is 11.0. The van der Waals surface area contributed by atoms with Gasteiger partial charge in [-0.05, 0) is 25.7 Å². The van der Waals surface area contributed by atoms with E-state index in [1.54, 1.807) is 0 Å². The summed E-state index contributed by atoms with van der Waals surface area (Å²) in [6.45, 7) is 14.8. The van der Waals surface area contributed by atoms with Crippen LogP contribution in [0.25, 0.3) is 0 Å². The minimum atomic E-state index is 1.33. The van der Waals surface area contributed by atoms with E-state index in [4.69, 9.17) is 10.5 Å². The van der Waals surface area contributed by atoms with Crippen molar-refractivity contribution < 1.29 is 15.0 Å². The molecule has 15 heavy (non-hydrogen) atoms. The Morgan fingerprint density at radius 1 is 0.600 bits per heavy atom. The van der Waals surface area contributed by atoms with E-state index < -0.39 is 0 Å². The Kier molecular flexibility index (Phi) is 13.8. The average Bonchev–Trinajstić information content (AvgIpc) is 2.22. The maximum absolute atomic E-state index is 6.00. The van der Waals surface area contributed by atoms with Gasteiger partial charge in [-0.1, -0.05) is 27.7 Å². The van der Waals surface area contributed by atoms with Gasteiger partial charge in [0.1, 0.15) is 0 Å². The third-order valence-electron chi connectivity index (χ3n) is 2.79. The molecule has 0 aliphatic heterocycles. The first-order chi connectivity index (χ1) is 7.24. The first kappa shape index (κ1) is 17.3. The molecule has 0 fully saturated rings. The Balaban J connectivity index is 0. The van der Waals surface area contributed by atoms with Crippen LogP contribution in [0.4, 0.5) is 0 Å². The van der Waals surface area contributed by atoms with Crippen LogP contribution in [0.2, 0.25) is 0 Å². The van der Waals surface area contributed by atoms with Crippen molar-refractivity contribution in [3.8, 4) is 0 Å². The summed E-state index contributed by atoms with van der Waals surface area (Å²) in [7, 11) is 0. The quantitative estimate of drug-likeness (QED) is 0.373. The lowest BCUT2D eigenvalue weighted by Crippen LogP contribution is -2.50. The first-order valence-corrected chi connectivity index (χ1v) is 6.29. The Bertz CT molecular complexity index is 88.7. The van der Waals surface area contributed by atoms with Crippen LogP contribution in [0.15, 0.2) is 0 Å². The van der Waals surface area contributed by atoms with Gasteiger partial charge in [0, 0.05) is 0 Å². The van der Waals surface area contributed by atoms with Gasteiger partial charge < -0.3 is 4.48 Å². The molecule has 0 aliphatic rings. The van der Waals surface area contributed by atoms with Crippen LogP contribution in [0.3, 0.4) is 0 Å². The summed E-state index contributed by atoms with van der Waals surface area (Å²) in [6.07, 6.45) is 5.33. The zero-order valence-corrected chi connectivity index (χ0v) is 11.0. The van der Waals surface area contributed by atoms with Gasteiger partial charge in [-0.3, -0.25) is 10.5 Å². The summed E-state index contributed by atoms with van der Waals surface area (Å²) in [5, 5.41) is 12.0. The van der Waals surface area contributed by atoms with Gasteiger partial charge in [-0.25, -0.2) is 0 Å². The fourth-order valence-corrected chi connectivity index (χ4v) is 2.57. The highest BCUT2D eigenvalue weighted by Crippen LogP contribution is 2.12. The SMILES string of the molecule is CCC[N+](CCC)(CCC)CCC.OO. The Morgan fingerprint density at radius 2 is 0.800 bits per heavy atom. The molecule has 0 unspecified atom stereocenters. The molecule has 3 nitrogen and oxygen atoms in total. The molecule has 0 spiro atoms. The van der Waals surface area contributed by atoms with E-state index in [0.29, 0.717) is 0 Å². The van der Waals surface area contributed by atoms with Crippen LogP contribution in [0.1, 0.15) is 53.4 Å². The monoisotopic (exact) mass is 220 g/mol. The van der Waals surface area contributed by atoms with Gasteiger partial charge in [-0.2, -0.15) is 0 Å². The maximum atomic E-state index is 6.00. The lowest BCUT2D eigenvalue weighted by molar-refractivity contribution is -0.928. The molecule has 0 amide bonds. The minimum Gasteiger partial charge on any atom is -0.324 e. The van der Waals surface area contributed by atoms with Crippen LogP contribution in [-0.4, -0.2) is 41.2 Å². The third kappa shape index (κ3) is 7.77. The predicted molar refractivity (Wildman–Crippen MR) is 66.2 cm³/mol. The standard InChI is InChI=1S/C12H28N.H2O2/c1-5-9-13(10-6-2,11-7-3)12-8-4;1-2/h5-12H2,1-4H3;1-2H/q+1;. The Hall–Kier alpha value is -0.120. The molecule has 0 aliphatic carbocycles. The van der Waals surface area contributed by atoms with E-state index in [2.05, 4.69) is 27.7 Å². The van der Waals surface area contributed by atoms with Gasteiger partial charge >= 0.3 is 0 Å². The number of quaternary nitrogens is 1. The second-order valence-electron chi connectivity index (χ2n) is 4.24. The molecule has 0 rings (SSSR count). The summed E-state index contributed by atoms with van der Waals surface area (Å²) >= 11 is 0. The highest BCUT2D eigenvalue weighted by Gasteiger charge is 2.22. The largest absolute Gasteiger partial charge is 0.324 e. The summed E-state index contributed by atoms with van der Waals surface area (Å²) in [5.74, 6) is 0. The summed E-state index contributed by atoms with van der Waals surface area (Å²) in [6, 6.07) is 0. The van der Waals surface area contributed by atoms with Crippen molar-refractivity contribution in [2.24, 2.45) is 0 Å². The Labute approximate surface area is 95.2 Å². The number of hydrogen-bond donors (Lipinski definition) is 2. The predicted octanol–water partition coefficient (Wildman–Crippen LogP) is 3.46. The second-order valence-corrected chi connectivity index (χ2v) is 4.24. The molecular formula is C12H30NO2+. The molecule has 0 radical (unpaired) electrons. The van der Waals surface area contributed by atoms with Crippen molar-refractivity contribution in [2.75, 3.05) is 26.2 Å². The van der Waals surface area contributed by atoms with E-state index in [1.165, 1.54) is 56.3 Å². The summed E-state index contributed by atoms with van der Waals surface area (Å²) in [5.41, 5.74) is 0. The van der Waals surface area contributed by atoms with E-state index in [1.807, 2.05) is 0 Å². The molecule has 94 valence electrons. The van der Waals surface area contributed by atoms with Crippen LogP contribution in [0.5, 0.6) is 0 Å². The fourth-order valence-electron chi connectivity index (χ4n) is 2.57. The average molecular weight is 220 g/mol. The van der Waals surface area contributed by atoms with Gasteiger partial charge in [0.05, 0.1) is 26.2 Å². The fraction of sp³-hybridized carbons (Fsp3) is 1.00. The molecule has 0 saturated carbocycles. The van der Waals surface area contributed by atoms with Crippen molar-refractivity contribution >= 4 is 0 Å². The van der Waals surface area contributed by atoms with E-state index in [0.717, 1.165) is 0 Å². The van der Waals surface area contributed by atoms with Gasteiger partial charge in [0.2, 0.25) is 0 Å². The van der Waals surface area contributed by atoms with E-state index >= 15 is 0 Å². The molecule has 0 atom stereocenters. The third-order valence-corrected chi connectivity index (χ3v) is 2.79. The first-order valence-electron chi connectivity index (χ1n) is 6.29. The molecule has 0 heterocycles. The van der Waals surface area contributed by atoms with Crippen molar-refractivity contribution in [1.29, 1.82) is 0 Å². The zero-order chi connectivity index (χ0) is 12.2. The van der Waals surface area contributed by atoms with Crippen LogP contribution in [0, 0.1) is 0 Å². The van der Waals surface area contributed by atoms with Crippen LogP contribution in [-0.2, 0) is 0 Å². The lowest BCUT2D eigenvalue weighted by atomic mass is 10.2. The number of hydrogen-bond acceptors (Lipinski definition) is 2. The summed E-state index contributed by atoms with van der Waals surface area (Å²) in [4.78, 5) is 0. The van der Waals surface area contributed by atoms with Gasteiger partial charge in [0.15, 0.2) is 0 Å². The molecule has 0 aromatic carbocycles. The summed E-state index contributed by atoms with van der Waals surface area (Å²) < 4.78 is 1.38. The highest BCUT2D eigenvalue weighted by molar-refractivity contribution is 4.43. The molecule has 3 heteroatoms. The van der Waals surface area contributed by atoms with Gasteiger partial charge in [-0.15, -0.1) is 0 Å². The van der Waals surface area contributed by atoms with Crippen molar-refractivity contribution in [1.82, 2.24) is 0 Å². The highest BCUT2D eigenvalue weighted by atomic mass is 17.0.